The summed E-state index contributed by atoms with van der Waals surface area (Å²) in [6, 6.07) is 2.75. The lowest BCUT2D eigenvalue weighted by Crippen LogP contribution is -2.36. The van der Waals surface area contributed by atoms with E-state index < -0.39 is 11.9 Å². The third kappa shape index (κ3) is 3.37. The third-order valence-corrected chi connectivity index (χ3v) is 2.66. The van der Waals surface area contributed by atoms with Crippen LogP contribution in [0.25, 0.3) is 0 Å². The number of amides is 2. The monoisotopic (exact) mass is 276 g/mol. The lowest BCUT2D eigenvalue weighted by molar-refractivity contribution is -0.121. The van der Waals surface area contributed by atoms with E-state index in [1.807, 2.05) is 0 Å². The molecular formula is C12H12N4O4. The molecule has 3 N–H and O–H groups in total. The fraction of sp³-hybridized carbons (Fsp3) is 0.250. The smallest absolute Gasteiger partial charge is 0.335 e. The molecule has 0 saturated heterocycles. The molecule has 104 valence electrons. The van der Waals surface area contributed by atoms with Crippen LogP contribution in [0.15, 0.2) is 23.4 Å². The van der Waals surface area contributed by atoms with E-state index in [2.05, 4.69) is 20.8 Å². The fourth-order valence-corrected chi connectivity index (χ4v) is 1.62. The lowest BCUT2D eigenvalue weighted by Gasteiger charge is -2.11. The molecule has 1 aliphatic heterocycles. The highest BCUT2D eigenvalue weighted by Gasteiger charge is 2.18. The van der Waals surface area contributed by atoms with Crippen molar-refractivity contribution < 1.29 is 19.5 Å². The predicted molar refractivity (Wildman–Crippen MR) is 67.9 cm³/mol. The summed E-state index contributed by atoms with van der Waals surface area (Å²) in [5.41, 5.74) is 3.00. The number of carboxylic acid groups (broad SMARTS) is 1. The van der Waals surface area contributed by atoms with Gasteiger partial charge in [0.2, 0.25) is 5.91 Å². The van der Waals surface area contributed by atoms with E-state index in [9.17, 15) is 14.4 Å². The van der Waals surface area contributed by atoms with E-state index in [4.69, 9.17) is 5.11 Å². The largest absolute Gasteiger partial charge is 0.478 e. The van der Waals surface area contributed by atoms with Gasteiger partial charge in [-0.15, -0.1) is 0 Å². The maximum atomic E-state index is 11.8. The van der Waals surface area contributed by atoms with Crippen LogP contribution in [-0.2, 0) is 16.1 Å². The minimum atomic E-state index is -1.06. The van der Waals surface area contributed by atoms with E-state index in [0.29, 0.717) is 5.69 Å². The summed E-state index contributed by atoms with van der Waals surface area (Å²) in [5.74, 6) is -1.69. The van der Waals surface area contributed by atoms with Gasteiger partial charge in [-0.05, 0) is 12.1 Å². The summed E-state index contributed by atoms with van der Waals surface area (Å²) < 4.78 is 0. The number of nitrogens with one attached hydrogen (secondary N) is 2. The van der Waals surface area contributed by atoms with Gasteiger partial charge < -0.3 is 10.4 Å². The van der Waals surface area contributed by atoms with E-state index in [1.54, 1.807) is 0 Å². The standard InChI is InChI=1S/C12H12N4O4/c17-10-2-1-9(15-16-10)11(18)14-6-8-5-7(12(19)20)3-4-13-8/h3-5H,1-2,6H2,(H,14,18)(H,16,17)(H,19,20). The molecular weight excluding hydrogens is 264 g/mol. The molecule has 2 amide bonds. The van der Waals surface area contributed by atoms with Crippen LogP contribution in [0, 0.1) is 0 Å². The van der Waals surface area contributed by atoms with Gasteiger partial charge in [0.1, 0.15) is 5.71 Å². The van der Waals surface area contributed by atoms with Crippen molar-refractivity contribution in [2.45, 2.75) is 19.4 Å². The molecule has 8 heteroatoms. The first-order chi connectivity index (χ1) is 9.56. The van der Waals surface area contributed by atoms with Crippen molar-refractivity contribution in [3.8, 4) is 0 Å². The zero-order chi connectivity index (χ0) is 14.5. The molecule has 0 aliphatic carbocycles. The highest BCUT2D eigenvalue weighted by Crippen LogP contribution is 2.03. The summed E-state index contributed by atoms with van der Waals surface area (Å²) >= 11 is 0. The number of rotatable bonds is 4. The van der Waals surface area contributed by atoms with Gasteiger partial charge in [-0.2, -0.15) is 5.10 Å². The van der Waals surface area contributed by atoms with Gasteiger partial charge in [0.25, 0.3) is 5.91 Å². The molecule has 2 heterocycles. The first-order valence-corrected chi connectivity index (χ1v) is 5.88. The Morgan fingerprint density at radius 2 is 2.20 bits per heavy atom. The van der Waals surface area contributed by atoms with Gasteiger partial charge in [0, 0.05) is 19.0 Å². The van der Waals surface area contributed by atoms with Crippen LogP contribution in [0.1, 0.15) is 28.9 Å². The van der Waals surface area contributed by atoms with E-state index in [1.165, 1.54) is 18.3 Å². The average molecular weight is 276 g/mol. The highest BCUT2D eigenvalue weighted by molar-refractivity contribution is 6.39. The molecule has 20 heavy (non-hydrogen) atoms. The number of hydrogen-bond acceptors (Lipinski definition) is 5. The second kappa shape index (κ2) is 5.91. The maximum absolute atomic E-state index is 11.8. The molecule has 0 radical (unpaired) electrons. The topological polar surface area (TPSA) is 121 Å². The van der Waals surface area contributed by atoms with E-state index >= 15 is 0 Å². The van der Waals surface area contributed by atoms with Crippen molar-refractivity contribution in [1.29, 1.82) is 0 Å². The molecule has 8 nitrogen and oxygen atoms in total. The average Bonchev–Trinajstić information content (AvgIpc) is 2.46. The quantitative estimate of drug-likeness (QED) is 0.694. The van der Waals surface area contributed by atoms with Crippen molar-refractivity contribution in [2.75, 3.05) is 0 Å². The van der Waals surface area contributed by atoms with Gasteiger partial charge in [-0.25, -0.2) is 10.2 Å². The van der Waals surface area contributed by atoms with Crippen molar-refractivity contribution in [2.24, 2.45) is 5.10 Å². The fourth-order valence-electron chi connectivity index (χ4n) is 1.62. The van der Waals surface area contributed by atoms with Gasteiger partial charge in [-0.3, -0.25) is 14.6 Å². The second-order valence-electron chi connectivity index (χ2n) is 4.12. The highest BCUT2D eigenvalue weighted by atomic mass is 16.4. The van der Waals surface area contributed by atoms with Crippen LogP contribution in [0.2, 0.25) is 0 Å². The van der Waals surface area contributed by atoms with Crippen LogP contribution in [0.4, 0.5) is 0 Å². The number of carboxylic acids is 1. The van der Waals surface area contributed by atoms with Crippen molar-refractivity contribution in [3.05, 3.63) is 29.6 Å². The number of carbonyl (C=O) groups is 3. The van der Waals surface area contributed by atoms with Crippen LogP contribution >= 0.6 is 0 Å². The van der Waals surface area contributed by atoms with Crippen LogP contribution in [-0.4, -0.2) is 33.6 Å². The maximum Gasteiger partial charge on any atom is 0.335 e. The van der Waals surface area contributed by atoms with Crippen LogP contribution < -0.4 is 10.7 Å². The SMILES string of the molecule is O=C1CCC(C(=O)NCc2cc(C(=O)O)ccn2)=NN1. The summed E-state index contributed by atoms with van der Waals surface area (Å²) in [6.07, 6.45) is 1.86. The van der Waals surface area contributed by atoms with Crippen LogP contribution in [0.3, 0.4) is 0 Å². The number of hydrogen-bond donors (Lipinski definition) is 3. The zero-order valence-corrected chi connectivity index (χ0v) is 10.4. The molecule has 1 aromatic rings. The van der Waals surface area contributed by atoms with Gasteiger partial charge in [0.15, 0.2) is 0 Å². The van der Waals surface area contributed by atoms with Gasteiger partial charge in [-0.1, -0.05) is 0 Å². The number of pyridine rings is 1. The second-order valence-corrected chi connectivity index (χ2v) is 4.12. The molecule has 0 atom stereocenters. The normalized spacial score (nSPS) is 14.2. The Hall–Kier alpha value is -2.77. The first-order valence-electron chi connectivity index (χ1n) is 5.88. The molecule has 0 unspecified atom stereocenters. The summed E-state index contributed by atoms with van der Waals surface area (Å²) in [6.45, 7) is 0.0902. The Balaban J connectivity index is 1.95. The van der Waals surface area contributed by atoms with Crippen LogP contribution in [0.5, 0.6) is 0 Å². The van der Waals surface area contributed by atoms with E-state index in [-0.39, 0.29) is 36.6 Å². The van der Waals surface area contributed by atoms with Crippen molar-refractivity contribution in [1.82, 2.24) is 15.7 Å². The Morgan fingerprint density at radius 1 is 1.40 bits per heavy atom. The Kier molecular flexibility index (Phi) is 4.04. The zero-order valence-electron chi connectivity index (χ0n) is 10.4. The summed E-state index contributed by atoms with van der Waals surface area (Å²) in [5, 5.41) is 15.1. The predicted octanol–water partition coefficient (Wildman–Crippen LogP) is -0.338. The van der Waals surface area contributed by atoms with Crippen molar-refractivity contribution >= 4 is 23.5 Å². The first kappa shape index (κ1) is 13.7. The minimum absolute atomic E-state index is 0.0902. The third-order valence-electron chi connectivity index (χ3n) is 2.66. The molecule has 0 spiro atoms. The van der Waals surface area contributed by atoms with Gasteiger partial charge in [0.05, 0.1) is 17.8 Å². The minimum Gasteiger partial charge on any atom is -0.478 e. The molecule has 1 aromatic heterocycles. The molecule has 0 fully saturated rings. The Labute approximate surface area is 113 Å². The summed E-state index contributed by atoms with van der Waals surface area (Å²) in [4.78, 5) is 37.4. The number of hydrazone groups is 1. The van der Waals surface area contributed by atoms with Crippen molar-refractivity contribution in [3.63, 3.8) is 0 Å². The molecule has 0 saturated carbocycles. The van der Waals surface area contributed by atoms with E-state index in [0.717, 1.165) is 0 Å². The Morgan fingerprint density at radius 3 is 2.85 bits per heavy atom. The number of nitrogens with zero attached hydrogens (tertiary/aromatic N) is 2. The molecule has 2 rings (SSSR count). The molecule has 0 bridgehead atoms. The number of carbonyl (C=O) groups excluding carboxylic acids is 2. The molecule has 1 aliphatic rings. The van der Waals surface area contributed by atoms with Gasteiger partial charge >= 0.3 is 5.97 Å². The lowest BCUT2D eigenvalue weighted by atomic mass is 10.1. The number of aromatic carboxylic acids is 1. The number of aromatic nitrogens is 1. The summed E-state index contributed by atoms with van der Waals surface area (Å²) in [7, 11) is 0. The Bertz CT molecular complexity index is 597. The molecule has 0 aromatic carbocycles.